The molecule has 0 bridgehead atoms. The van der Waals surface area contributed by atoms with E-state index in [1.807, 2.05) is 0 Å². The van der Waals surface area contributed by atoms with Gasteiger partial charge >= 0.3 is 5.97 Å². The molecule has 0 spiro atoms. The van der Waals surface area contributed by atoms with Crippen molar-refractivity contribution in [1.29, 1.82) is 0 Å². The normalized spacial score (nSPS) is 11.3. The maximum Gasteiger partial charge on any atom is 0.326 e. The third-order valence-corrected chi connectivity index (χ3v) is 3.48. The number of nitrogens with one attached hydrogen (secondary N) is 1. The van der Waals surface area contributed by atoms with Crippen LogP contribution >= 0.6 is 0 Å². The molecule has 2 aromatic rings. The summed E-state index contributed by atoms with van der Waals surface area (Å²) in [6.07, 6.45) is -0.950. The molecule has 0 radical (unpaired) electrons. The van der Waals surface area contributed by atoms with Gasteiger partial charge in [0.05, 0.1) is 7.11 Å². The van der Waals surface area contributed by atoms with Crippen molar-refractivity contribution in [2.24, 2.45) is 0 Å². The van der Waals surface area contributed by atoms with Crippen LogP contribution in [0.5, 0.6) is 5.75 Å². The van der Waals surface area contributed by atoms with E-state index in [2.05, 4.69) is 5.32 Å². The summed E-state index contributed by atoms with van der Waals surface area (Å²) >= 11 is 0. The molecule has 0 aromatic heterocycles. The van der Waals surface area contributed by atoms with E-state index in [1.54, 1.807) is 54.6 Å². The van der Waals surface area contributed by atoms with Crippen LogP contribution in [0.15, 0.2) is 54.6 Å². The Morgan fingerprint density at radius 3 is 2.20 bits per heavy atom. The quantitative estimate of drug-likeness (QED) is 0.617. The predicted molar refractivity (Wildman–Crippen MR) is 91.7 cm³/mol. The summed E-state index contributed by atoms with van der Waals surface area (Å²) in [6.45, 7) is 1.18. The molecule has 1 atom stereocenters. The lowest BCUT2D eigenvalue weighted by Crippen LogP contribution is -2.34. The number of Topliss-reactive ketones (excluding diaryl/α,β-unsaturated/α-hetero) is 1. The third-order valence-electron chi connectivity index (χ3n) is 3.48. The topological polar surface area (TPSA) is 81.7 Å². The van der Waals surface area contributed by atoms with Crippen molar-refractivity contribution in [1.82, 2.24) is 5.32 Å². The van der Waals surface area contributed by atoms with Crippen molar-refractivity contribution in [2.45, 2.75) is 13.0 Å². The Hall–Kier alpha value is -3.15. The van der Waals surface area contributed by atoms with Crippen LogP contribution in [0.25, 0.3) is 0 Å². The standard InChI is InChI=1S/C19H19NO5/c1-13(18(22)14-8-10-16(24-2)11-9-14)25-17(21)12-20-19(23)15-6-4-3-5-7-15/h3-11,13H,12H2,1-2H3,(H,20,23). The van der Waals surface area contributed by atoms with Gasteiger partial charge in [-0.3, -0.25) is 14.4 Å². The Kier molecular flexibility index (Phi) is 6.28. The van der Waals surface area contributed by atoms with E-state index in [0.717, 1.165) is 0 Å². The highest BCUT2D eigenvalue weighted by molar-refractivity contribution is 6.00. The van der Waals surface area contributed by atoms with Crippen molar-refractivity contribution in [3.05, 3.63) is 65.7 Å². The van der Waals surface area contributed by atoms with E-state index >= 15 is 0 Å². The van der Waals surface area contributed by atoms with Crippen molar-refractivity contribution in [3.8, 4) is 5.75 Å². The molecule has 25 heavy (non-hydrogen) atoms. The van der Waals surface area contributed by atoms with E-state index in [9.17, 15) is 14.4 Å². The number of amides is 1. The first kappa shape index (κ1) is 18.2. The summed E-state index contributed by atoms with van der Waals surface area (Å²) < 4.78 is 10.1. The van der Waals surface area contributed by atoms with Crippen LogP contribution in [0.4, 0.5) is 0 Å². The van der Waals surface area contributed by atoms with Crippen molar-refractivity contribution < 1.29 is 23.9 Å². The van der Waals surface area contributed by atoms with Gasteiger partial charge in [0.1, 0.15) is 12.3 Å². The number of methoxy groups -OCH3 is 1. The second kappa shape index (κ2) is 8.63. The maximum absolute atomic E-state index is 12.2. The van der Waals surface area contributed by atoms with Gasteiger partial charge in [-0.05, 0) is 43.3 Å². The second-order valence-electron chi connectivity index (χ2n) is 5.27. The summed E-state index contributed by atoms with van der Waals surface area (Å²) in [5, 5.41) is 2.46. The molecule has 6 heteroatoms. The van der Waals surface area contributed by atoms with Gasteiger partial charge in [-0.1, -0.05) is 18.2 Å². The number of carbonyl (C=O) groups excluding carboxylic acids is 3. The first-order chi connectivity index (χ1) is 12.0. The number of ketones is 1. The molecule has 0 aliphatic rings. The number of carbonyl (C=O) groups is 3. The van der Waals surface area contributed by atoms with Gasteiger partial charge in [-0.2, -0.15) is 0 Å². The van der Waals surface area contributed by atoms with Gasteiger partial charge < -0.3 is 14.8 Å². The van der Waals surface area contributed by atoms with E-state index in [-0.39, 0.29) is 18.2 Å². The fourth-order valence-corrected chi connectivity index (χ4v) is 2.13. The van der Waals surface area contributed by atoms with Gasteiger partial charge in [0.15, 0.2) is 6.10 Å². The number of benzene rings is 2. The van der Waals surface area contributed by atoms with E-state index in [0.29, 0.717) is 16.9 Å². The number of hydrogen-bond donors (Lipinski definition) is 1. The second-order valence-corrected chi connectivity index (χ2v) is 5.27. The molecule has 1 amide bonds. The number of rotatable bonds is 7. The molecule has 6 nitrogen and oxygen atoms in total. The van der Waals surface area contributed by atoms with Crippen molar-refractivity contribution in [3.63, 3.8) is 0 Å². The van der Waals surface area contributed by atoms with Crippen LogP contribution in [0.3, 0.4) is 0 Å². The Bertz CT molecular complexity index is 740. The minimum atomic E-state index is -0.950. The van der Waals surface area contributed by atoms with Crippen LogP contribution in [0.2, 0.25) is 0 Å². The van der Waals surface area contributed by atoms with Gasteiger partial charge in [0.2, 0.25) is 5.78 Å². The summed E-state index contributed by atoms with van der Waals surface area (Å²) in [7, 11) is 1.53. The van der Waals surface area contributed by atoms with Crippen molar-refractivity contribution >= 4 is 17.7 Å². The molecule has 0 aliphatic heterocycles. The summed E-state index contributed by atoms with van der Waals surface area (Å²) in [5.74, 6) is -0.763. The summed E-state index contributed by atoms with van der Waals surface area (Å²) in [4.78, 5) is 35.9. The highest BCUT2D eigenvalue weighted by atomic mass is 16.5. The first-order valence-corrected chi connectivity index (χ1v) is 7.72. The Balaban J connectivity index is 1.84. The lowest BCUT2D eigenvalue weighted by atomic mass is 10.1. The van der Waals surface area contributed by atoms with Crippen LogP contribution in [-0.4, -0.2) is 37.4 Å². The zero-order valence-electron chi connectivity index (χ0n) is 14.0. The zero-order valence-corrected chi connectivity index (χ0v) is 14.0. The Morgan fingerprint density at radius 2 is 1.60 bits per heavy atom. The van der Waals surface area contributed by atoms with Crippen LogP contribution < -0.4 is 10.1 Å². The van der Waals surface area contributed by atoms with Gasteiger partial charge in [0.25, 0.3) is 5.91 Å². The molecule has 0 fully saturated rings. The fraction of sp³-hybridized carbons (Fsp3) is 0.211. The molecule has 0 heterocycles. The number of esters is 1. The number of ether oxygens (including phenoxy) is 2. The fourth-order valence-electron chi connectivity index (χ4n) is 2.13. The summed E-state index contributed by atoms with van der Waals surface area (Å²) in [5.41, 5.74) is 0.854. The van der Waals surface area contributed by atoms with E-state index in [4.69, 9.17) is 9.47 Å². The van der Waals surface area contributed by atoms with Gasteiger partial charge in [-0.25, -0.2) is 0 Å². The largest absolute Gasteiger partial charge is 0.497 e. The minimum Gasteiger partial charge on any atom is -0.497 e. The first-order valence-electron chi connectivity index (χ1n) is 7.72. The third kappa shape index (κ3) is 5.17. The Labute approximate surface area is 145 Å². The van der Waals surface area contributed by atoms with Crippen LogP contribution in [-0.2, 0) is 9.53 Å². The van der Waals surface area contributed by atoms with Gasteiger partial charge in [0, 0.05) is 11.1 Å². The molecule has 1 unspecified atom stereocenters. The highest BCUT2D eigenvalue weighted by Gasteiger charge is 2.20. The van der Waals surface area contributed by atoms with Gasteiger partial charge in [-0.15, -0.1) is 0 Å². The summed E-state index contributed by atoms with van der Waals surface area (Å²) in [6, 6.07) is 15.0. The molecule has 1 N–H and O–H groups in total. The molecule has 0 saturated carbocycles. The molecule has 2 rings (SSSR count). The van der Waals surface area contributed by atoms with E-state index in [1.165, 1.54) is 14.0 Å². The monoisotopic (exact) mass is 341 g/mol. The van der Waals surface area contributed by atoms with E-state index < -0.39 is 12.1 Å². The number of hydrogen-bond acceptors (Lipinski definition) is 5. The molecular formula is C19H19NO5. The highest BCUT2D eigenvalue weighted by Crippen LogP contribution is 2.13. The zero-order chi connectivity index (χ0) is 18.2. The molecule has 2 aromatic carbocycles. The molecule has 0 saturated heterocycles. The molecular weight excluding hydrogens is 322 g/mol. The molecule has 130 valence electrons. The lowest BCUT2D eigenvalue weighted by molar-refractivity contribution is -0.145. The maximum atomic E-state index is 12.2. The SMILES string of the molecule is COc1ccc(C(=O)C(C)OC(=O)CNC(=O)c2ccccc2)cc1. The predicted octanol–water partition coefficient (Wildman–Crippen LogP) is 2.24. The average molecular weight is 341 g/mol. The molecule has 0 aliphatic carbocycles. The van der Waals surface area contributed by atoms with Crippen LogP contribution in [0, 0.1) is 0 Å². The smallest absolute Gasteiger partial charge is 0.326 e. The average Bonchev–Trinajstić information content (AvgIpc) is 2.66. The Morgan fingerprint density at radius 1 is 0.960 bits per heavy atom. The lowest BCUT2D eigenvalue weighted by Gasteiger charge is -2.13. The van der Waals surface area contributed by atoms with Crippen LogP contribution in [0.1, 0.15) is 27.6 Å². The minimum absolute atomic E-state index is 0.312. The van der Waals surface area contributed by atoms with Crippen molar-refractivity contribution in [2.75, 3.05) is 13.7 Å².